The van der Waals surface area contributed by atoms with Gasteiger partial charge in [-0.05, 0) is 6.92 Å². The fourth-order valence-corrected chi connectivity index (χ4v) is 1.69. The molecular formula is C10H11NO5. The molecule has 2 rings (SSSR count). The van der Waals surface area contributed by atoms with Gasteiger partial charge in [0.25, 0.3) is 0 Å². The molecule has 1 atom stereocenters. The van der Waals surface area contributed by atoms with Crippen LogP contribution in [0, 0.1) is 0 Å². The number of Topliss-reactive ketones (excluding diaryl/α,β-unsaturated/α-hetero) is 1. The zero-order valence-corrected chi connectivity index (χ0v) is 8.76. The monoisotopic (exact) mass is 225 g/mol. The molecule has 2 aliphatic rings. The fraction of sp³-hybridized carbons (Fsp3) is 0.500. The van der Waals surface area contributed by atoms with E-state index in [-0.39, 0.29) is 31.0 Å². The van der Waals surface area contributed by atoms with Gasteiger partial charge >= 0.3 is 12.1 Å². The van der Waals surface area contributed by atoms with Gasteiger partial charge in [-0.3, -0.25) is 9.69 Å². The topological polar surface area (TPSA) is 72.9 Å². The van der Waals surface area contributed by atoms with Gasteiger partial charge in [0.05, 0.1) is 12.2 Å². The van der Waals surface area contributed by atoms with Gasteiger partial charge in [0.2, 0.25) is 0 Å². The maximum atomic E-state index is 11.6. The van der Waals surface area contributed by atoms with Gasteiger partial charge in [0.1, 0.15) is 12.6 Å². The highest BCUT2D eigenvalue weighted by Gasteiger charge is 2.41. The van der Waals surface area contributed by atoms with Crippen LogP contribution in [0.5, 0.6) is 0 Å². The van der Waals surface area contributed by atoms with E-state index in [4.69, 9.17) is 9.47 Å². The number of ether oxygens (including phenoxy) is 2. The van der Waals surface area contributed by atoms with Crippen LogP contribution >= 0.6 is 0 Å². The number of amides is 1. The van der Waals surface area contributed by atoms with Gasteiger partial charge in [-0.15, -0.1) is 0 Å². The molecule has 0 aromatic carbocycles. The molecule has 6 nitrogen and oxygen atoms in total. The lowest BCUT2D eigenvalue weighted by Gasteiger charge is -2.22. The first kappa shape index (κ1) is 10.7. The number of ketones is 1. The standard InChI is InChI=1S/C10H11NO5/c1-2-15-9(13)6-3-8(12)7-5-16-10(14)11(7)4-6/h4,7H,2-3,5H2,1H3/t7-/m0/s1. The van der Waals surface area contributed by atoms with Crippen molar-refractivity contribution in [2.45, 2.75) is 19.4 Å². The Kier molecular flexibility index (Phi) is 2.64. The Balaban J connectivity index is 2.22. The third-order valence-corrected chi connectivity index (χ3v) is 2.48. The molecule has 1 amide bonds. The summed E-state index contributed by atoms with van der Waals surface area (Å²) in [6.45, 7) is 1.97. The second-order valence-electron chi connectivity index (χ2n) is 3.52. The van der Waals surface area contributed by atoms with E-state index in [1.54, 1.807) is 6.92 Å². The number of carbonyl (C=O) groups is 3. The maximum absolute atomic E-state index is 11.6. The highest BCUT2D eigenvalue weighted by atomic mass is 16.6. The van der Waals surface area contributed by atoms with Crippen molar-refractivity contribution in [3.63, 3.8) is 0 Å². The van der Waals surface area contributed by atoms with Crippen molar-refractivity contribution >= 4 is 17.8 Å². The minimum atomic E-state index is -0.597. The fourth-order valence-electron chi connectivity index (χ4n) is 1.69. The third kappa shape index (κ3) is 1.66. The van der Waals surface area contributed by atoms with Gasteiger partial charge in [0, 0.05) is 12.6 Å². The second kappa shape index (κ2) is 3.96. The van der Waals surface area contributed by atoms with E-state index in [1.807, 2.05) is 0 Å². The number of cyclic esters (lactones) is 1. The molecule has 0 unspecified atom stereocenters. The summed E-state index contributed by atoms with van der Waals surface area (Å²) in [4.78, 5) is 35.4. The van der Waals surface area contributed by atoms with E-state index >= 15 is 0 Å². The summed E-state index contributed by atoms with van der Waals surface area (Å²) in [5, 5.41) is 0. The predicted octanol–water partition coefficient (Wildman–Crippen LogP) is 0.227. The minimum absolute atomic E-state index is 0.00333. The minimum Gasteiger partial charge on any atom is -0.463 e. The van der Waals surface area contributed by atoms with Gasteiger partial charge in [0.15, 0.2) is 5.78 Å². The van der Waals surface area contributed by atoms with Gasteiger partial charge in [-0.2, -0.15) is 0 Å². The van der Waals surface area contributed by atoms with Crippen molar-refractivity contribution < 1.29 is 23.9 Å². The first-order chi connectivity index (χ1) is 7.63. The van der Waals surface area contributed by atoms with Crippen molar-refractivity contribution in [1.82, 2.24) is 4.90 Å². The first-order valence-electron chi connectivity index (χ1n) is 4.99. The normalized spacial score (nSPS) is 23.7. The molecule has 0 spiro atoms. The molecule has 0 bridgehead atoms. The number of fused-ring (bicyclic) bond motifs is 1. The summed E-state index contributed by atoms with van der Waals surface area (Å²) in [5.41, 5.74) is 0.196. The molecule has 0 N–H and O–H groups in total. The quantitative estimate of drug-likeness (QED) is 0.629. The number of esters is 1. The zero-order chi connectivity index (χ0) is 11.7. The smallest absolute Gasteiger partial charge is 0.414 e. The van der Waals surface area contributed by atoms with Crippen LogP contribution in [0.2, 0.25) is 0 Å². The molecule has 0 saturated carbocycles. The summed E-state index contributed by atoms with van der Waals surface area (Å²) in [7, 11) is 0. The van der Waals surface area contributed by atoms with Crippen LogP contribution in [-0.2, 0) is 19.1 Å². The molecule has 16 heavy (non-hydrogen) atoms. The number of hydrogen-bond donors (Lipinski definition) is 0. The molecule has 0 aromatic rings. The van der Waals surface area contributed by atoms with Crippen molar-refractivity contribution in [2.75, 3.05) is 13.2 Å². The van der Waals surface area contributed by atoms with Crippen molar-refractivity contribution in [2.24, 2.45) is 0 Å². The number of carbonyl (C=O) groups excluding carboxylic acids is 3. The summed E-state index contributed by atoms with van der Waals surface area (Å²) in [5.74, 6) is -0.759. The predicted molar refractivity (Wildman–Crippen MR) is 51.3 cm³/mol. The Bertz CT molecular complexity index is 387. The van der Waals surface area contributed by atoms with Crippen LogP contribution < -0.4 is 0 Å². The van der Waals surface area contributed by atoms with Crippen molar-refractivity contribution in [1.29, 1.82) is 0 Å². The summed E-state index contributed by atoms with van der Waals surface area (Å²) in [6.07, 6.45) is 0.746. The molecule has 0 radical (unpaired) electrons. The molecule has 6 heteroatoms. The Hall–Kier alpha value is -1.85. The number of hydrogen-bond acceptors (Lipinski definition) is 5. The molecule has 2 heterocycles. The maximum Gasteiger partial charge on any atom is 0.414 e. The average molecular weight is 225 g/mol. The Morgan fingerprint density at radius 2 is 2.38 bits per heavy atom. The first-order valence-corrected chi connectivity index (χ1v) is 4.99. The average Bonchev–Trinajstić information content (AvgIpc) is 2.61. The summed E-state index contributed by atoms with van der Waals surface area (Å²) >= 11 is 0. The molecule has 86 valence electrons. The zero-order valence-electron chi connectivity index (χ0n) is 8.76. The summed E-state index contributed by atoms with van der Waals surface area (Å²) in [6, 6.07) is -0.578. The van der Waals surface area contributed by atoms with E-state index in [2.05, 4.69) is 0 Å². The number of rotatable bonds is 2. The largest absolute Gasteiger partial charge is 0.463 e. The lowest BCUT2D eigenvalue weighted by molar-refractivity contribution is -0.140. The molecular weight excluding hydrogens is 214 g/mol. The Labute approximate surface area is 91.8 Å². The van der Waals surface area contributed by atoms with Gasteiger partial charge in [-0.25, -0.2) is 9.59 Å². The SMILES string of the molecule is CCOC(=O)C1=CN2C(=O)OC[C@H]2C(=O)C1. The van der Waals surface area contributed by atoms with E-state index < -0.39 is 18.1 Å². The third-order valence-electron chi connectivity index (χ3n) is 2.48. The highest BCUT2D eigenvalue weighted by Crippen LogP contribution is 2.24. The molecule has 1 saturated heterocycles. The van der Waals surface area contributed by atoms with E-state index in [0.717, 1.165) is 4.90 Å². The van der Waals surface area contributed by atoms with E-state index in [9.17, 15) is 14.4 Å². The van der Waals surface area contributed by atoms with Gasteiger partial charge < -0.3 is 9.47 Å². The van der Waals surface area contributed by atoms with Crippen LogP contribution in [0.3, 0.4) is 0 Å². The van der Waals surface area contributed by atoms with Crippen LogP contribution in [0.1, 0.15) is 13.3 Å². The van der Waals surface area contributed by atoms with Crippen LogP contribution in [0.15, 0.2) is 11.8 Å². The second-order valence-corrected chi connectivity index (χ2v) is 3.52. The van der Waals surface area contributed by atoms with Crippen LogP contribution in [0.4, 0.5) is 4.79 Å². The lowest BCUT2D eigenvalue weighted by Crippen LogP contribution is -2.40. The van der Waals surface area contributed by atoms with Crippen LogP contribution in [-0.4, -0.2) is 42.0 Å². The van der Waals surface area contributed by atoms with Crippen molar-refractivity contribution in [3.05, 3.63) is 11.8 Å². The molecule has 0 aromatic heterocycles. The highest BCUT2D eigenvalue weighted by molar-refractivity contribution is 6.01. The van der Waals surface area contributed by atoms with Gasteiger partial charge in [-0.1, -0.05) is 0 Å². The van der Waals surface area contributed by atoms with E-state index in [0.29, 0.717) is 0 Å². The Morgan fingerprint density at radius 1 is 1.62 bits per heavy atom. The Morgan fingerprint density at radius 3 is 3.06 bits per heavy atom. The molecule has 2 aliphatic heterocycles. The van der Waals surface area contributed by atoms with Crippen LogP contribution in [0.25, 0.3) is 0 Å². The molecule has 1 fully saturated rings. The van der Waals surface area contributed by atoms with E-state index in [1.165, 1.54) is 6.20 Å². The number of nitrogens with zero attached hydrogens (tertiary/aromatic N) is 1. The van der Waals surface area contributed by atoms with Crippen molar-refractivity contribution in [3.8, 4) is 0 Å². The summed E-state index contributed by atoms with van der Waals surface area (Å²) < 4.78 is 9.50. The molecule has 0 aliphatic carbocycles. The lowest BCUT2D eigenvalue weighted by atomic mass is 10.0.